The van der Waals surface area contributed by atoms with Crippen molar-refractivity contribution in [3.05, 3.63) is 35.2 Å². The Balaban J connectivity index is 1.47. The molecule has 0 saturated heterocycles. The Hall–Kier alpha value is -3.07. The molecule has 4 aromatic heterocycles. The molecule has 1 aliphatic carbocycles. The highest BCUT2D eigenvalue weighted by molar-refractivity contribution is 7.19. The maximum atomic E-state index is 12.5. The summed E-state index contributed by atoms with van der Waals surface area (Å²) in [5, 5.41) is 15.4. The van der Waals surface area contributed by atoms with Gasteiger partial charge in [-0.2, -0.15) is 5.10 Å². The fourth-order valence-electron chi connectivity index (χ4n) is 3.86. The molecule has 8 nitrogen and oxygen atoms in total. The molecular formula is C20H21N7OS. The van der Waals surface area contributed by atoms with Crippen LogP contribution in [-0.4, -0.2) is 37.1 Å². The van der Waals surface area contributed by atoms with Crippen LogP contribution in [-0.2, 0) is 17.6 Å². The Morgan fingerprint density at radius 1 is 1.28 bits per heavy atom. The molecule has 0 bridgehead atoms. The lowest BCUT2D eigenvalue weighted by atomic mass is 9.87. The van der Waals surface area contributed by atoms with E-state index in [4.69, 9.17) is 0 Å². The largest absolute Gasteiger partial charge is 0.354 e. The van der Waals surface area contributed by atoms with Crippen LogP contribution in [0.25, 0.3) is 21.1 Å². The van der Waals surface area contributed by atoms with Gasteiger partial charge >= 0.3 is 0 Å². The lowest BCUT2D eigenvalue weighted by Crippen LogP contribution is -2.37. The van der Waals surface area contributed by atoms with Crippen molar-refractivity contribution in [1.29, 1.82) is 0 Å². The van der Waals surface area contributed by atoms with E-state index < -0.39 is 0 Å². The van der Waals surface area contributed by atoms with E-state index in [9.17, 15) is 4.79 Å². The third kappa shape index (κ3) is 3.31. The monoisotopic (exact) mass is 407 g/mol. The molecule has 0 saturated carbocycles. The molecule has 29 heavy (non-hydrogen) atoms. The molecule has 0 spiro atoms. The Bertz CT molecular complexity index is 1210. The maximum Gasteiger partial charge on any atom is 0.223 e. The molecule has 3 N–H and O–H groups in total. The van der Waals surface area contributed by atoms with Gasteiger partial charge in [-0.25, -0.2) is 15.0 Å². The van der Waals surface area contributed by atoms with Gasteiger partial charge in [-0.15, -0.1) is 11.3 Å². The van der Waals surface area contributed by atoms with Crippen molar-refractivity contribution in [2.24, 2.45) is 5.92 Å². The van der Waals surface area contributed by atoms with Gasteiger partial charge in [0, 0.05) is 22.2 Å². The molecule has 148 valence electrons. The molecule has 4 heterocycles. The highest BCUT2D eigenvalue weighted by Crippen LogP contribution is 2.40. The molecule has 1 aliphatic rings. The van der Waals surface area contributed by atoms with Crippen LogP contribution >= 0.6 is 11.3 Å². The van der Waals surface area contributed by atoms with Crippen molar-refractivity contribution in [2.75, 3.05) is 5.32 Å². The molecule has 0 radical (unpaired) electrons. The molecule has 0 fully saturated rings. The Morgan fingerprint density at radius 3 is 3.03 bits per heavy atom. The van der Waals surface area contributed by atoms with E-state index in [-0.39, 0.29) is 17.9 Å². The highest BCUT2D eigenvalue weighted by atomic mass is 32.1. The van der Waals surface area contributed by atoms with Gasteiger partial charge in [0.25, 0.3) is 0 Å². The standard InChI is InChI=1S/C20H21N7OS/c1-10(2)25-19(28)11-3-4-13-15(5-11)29-20-17(13)18(22-9-23-20)26-16-6-12-7-24-27-14(12)8-21-16/h6-11H,3-5H2,1-2H3,(H,24,27)(H,25,28)(H,21,22,23,26)/t11-/m0/s1. The maximum absolute atomic E-state index is 12.5. The topological polar surface area (TPSA) is 108 Å². The average molecular weight is 408 g/mol. The number of nitrogens with one attached hydrogen (secondary N) is 3. The first-order chi connectivity index (χ1) is 14.1. The van der Waals surface area contributed by atoms with Gasteiger partial charge in [0.1, 0.15) is 22.8 Å². The summed E-state index contributed by atoms with van der Waals surface area (Å²) in [5.74, 6) is 1.63. The summed E-state index contributed by atoms with van der Waals surface area (Å²) < 4.78 is 0. The van der Waals surface area contributed by atoms with Crippen LogP contribution in [0.5, 0.6) is 0 Å². The van der Waals surface area contributed by atoms with E-state index in [2.05, 4.69) is 35.8 Å². The van der Waals surface area contributed by atoms with E-state index in [1.807, 2.05) is 19.9 Å². The number of aryl methyl sites for hydroxylation is 1. The second-order valence-electron chi connectivity index (χ2n) is 7.66. The molecule has 0 aliphatic heterocycles. The van der Waals surface area contributed by atoms with Crippen molar-refractivity contribution in [2.45, 2.75) is 39.2 Å². The molecule has 0 aromatic carbocycles. The van der Waals surface area contributed by atoms with Crippen molar-refractivity contribution < 1.29 is 4.79 Å². The Morgan fingerprint density at radius 2 is 2.17 bits per heavy atom. The van der Waals surface area contributed by atoms with E-state index in [0.29, 0.717) is 5.82 Å². The van der Waals surface area contributed by atoms with Crippen LogP contribution in [0.2, 0.25) is 0 Å². The molecule has 9 heteroatoms. The quantitative estimate of drug-likeness (QED) is 0.479. The number of thiophene rings is 1. The van der Waals surface area contributed by atoms with E-state index >= 15 is 0 Å². The number of anilines is 2. The number of aromatic nitrogens is 5. The van der Waals surface area contributed by atoms with Crippen LogP contribution in [0.4, 0.5) is 11.6 Å². The normalized spacial score (nSPS) is 16.3. The summed E-state index contributed by atoms with van der Waals surface area (Å²) in [4.78, 5) is 28.1. The average Bonchev–Trinajstić information content (AvgIpc) is 3.31. The van der Waals surface area contributed by atoms with Crippen LogP contribution in [0, 0.1) is 5.92 Å². The summed E-state index contributed by atoms with van der Waals surface area (Å²) in [6.45, 7) is 3.99. The number of rotatable bonds is 4. The minimum atomic E-state index is 0.0208. The van der Waals surface area contributed by atoms with Crippen molar-refractivity contribution in [3.8, 4) is 0 Å². The van der Waals surface area contributed by atoms with E-state index in [1.165, 1.54) is 10.4 Å². The number of hydrogen-bond donors (Lipinski definition) is 3. The number of aromatic amines is 1. The number of amides is 1. The Kier molecular flexibility index (Phi) is 4.39. The second kappa shape index (κ2) is 7.07. The molecule has 0 unspecified atom stereocenters. The number of hydrogen-bond acceptors (Lipinski definition) is 7. The van der Waals surface area contributed by atoms with Crippen molar-refractivity contribution >= 4 is 50.0 Å². The minimum absolute atomic E-state index is 0.0208. The first-order valence-corrected chi connectivity index (χ1v) is 10.5. The second-order valence-corrected chi connectivity index (χ2v) is 8.74. The number of nitrogens with zero attached hydrogens (tertiary/aromatic N) is 4. The van der Waals surface area contributed by atoms with Crippen LogP contribution in [0.15, 0.2) is 24.8 Å². The summed E-state index contributed by atoms with van der Waals surface area (Å²) in [7, 11) is 0. The predicted molar refractivity (Wildman–Crippen MR) is 113 cm³/mol. The van der Waals surface area contributed by atoms with Gasteiger partial charge in [-0.3, -0.25) is 9.89 Å². The summed E-state index contributed by atoms with van der Waals surface area (Å²) in [6.07, 6.45) is 7.54. The fraction of sp³-hybridized carbons (Fsp3) is 0.350. The summed E-state index contributed by atoms with van der Waals surface area (Å²) in [6, 6.07) is 2.10. The summed E-state index contributed by atoms with van der Waals surface area (Å²) >= 11 is 1.66. The number of H-pyrrole nitrogens is 1. The number of pyridine rings is 1. The molecular weight excluding hydrogens is 386 g/mol. The lowest BCUT2D eigenvalue weighted by Gasteiger charge is -2.22. The van der Waals surface area contributed by atoms with Crippen LogP contribution in [0.3, 0.4) is 0 Å². The van der Waals surface area contributed by atoms with E-state index in [1.54, 1.807) is 30.1 Å². The van der Waals surface area contributed by atoms with E-state index in [0.717, 1.165) is 46.2 Å². The van der Waals surface area contributed by atoms with Gasteiger partial charge in [0.15, 0.2) is 0 Å². The van der Waals surface area contributed by atoms with Gasteiger partial charge in [0.2, 0.25) is 5.91 Å². The zero-order valence-electron chi connectivity index (χ0n) is 16.2. The zero-order valence-corrected chi connectivity index (χ0v) is 17.0. The first kappa shape index (κ1) is 18.0. The predicted octanol–water partition coefficient (Wildman–Crippen LogP) is 3.34. The summed E-state index contributed by atoms with van der Waals surface area (Å²) in [5.41, 5.74) is 2.15. The van der Waals surface area contributed by atoms with Crippen LogP contribution in [0.1, 0.15) is 30.7 Å². The smallest absolute Gasteiger partial charge is 0.223 e. The molecule has 4 aromatic rings. The van der Waals surface area contributed by atoms with Gasteiger partial charge in [0.05, 0.1) is 23.3 Å². The van der Waals surface area contributed by atoms with Crippen molar-refractivity contribution in [3.63, 3.8) is 0 Å². The van der Waals surface area contributed by atoms with Gasteiger partial charge < -0.3 is 10.6 Å². The third-order valence-electron chi connectivity index (χ3n) is 5.22. The number of carbonyl (C=O) groups is 1. The van der Waals surface area contributed by atoms with Gasteiger partial charge in [-0.1, -0.05) is 0 Å². The van der Waals surface area contributed by atoms with Crippen LogP contribution < -0.4 is 10.6 Å². The SMILES string of the molecule is CC(C)NC(=O)[C@H]1CCc2c(sc3ncnc(Nc4cc5cn[nH]c5cn4)c23)C1. The first-order valence-electron chi connectivity index (χ1n) is 9.70. The number of carbonyl (C=O) groups excluding carboxylic acids is 1. The number of fused-ring (bicyclic) bond motifs is 4. The molecule has 1 atom stereocenters. The zero-order chi connectivity index (χ0) is 20.0. The fourth-order valence-corrected chi connectivity index (χ4v) is 5.13. The lowest BCUT2D eigenvalue weighted by molar-refractivity contribution is -0.125. The highest BCUT2D eigenvalue weighted by Gasteiger charge is 2.29. The van der Waals surface area contributed by atoms with Gasteiger partial charge in [-0.05, 0) is 44.7 Å². The Labute approximate surface area is 171 Å². The minimum Gasteiger partial charge on any atom is -0.354 e. The van der Waals surface area contributed by atoms with Crippen molar-refractivity contribution in [1.82, 2.24) is 30.5 Å². The molecule has 5 rings (SSSR count). The molecule has 1 amide bonds. The third-order valence-corrected chi connectivity index (χ3v) is 6.38.